The van der Waals surface area contributed by atoms with Gasteiger partial charge in [-0.2, -0.15) is 0 Å². The molecule has 6 nitrogen and oxygen atoms in total. The van der Waals surface area contributed by atoms with Crippen LogP contribution in [0.3, 0.4) is 0 Å². The highest BCUT2D eigenvalue weighted by Gasteiger charge is 2.22. The van der Waals surface area contributed by atoms with Gasteiger partial charge in [-0.05, 0) is 95.6 Å². The van der Waals surface area contributed by atoms with Gasteiger partial charge in [-0.25, -0.2) is 5.84 Å². The molecule has 0 spiro atoms. The van der Waals surface area contributed by atoms with Gasteiger partial charge in [-0.1, -0.05) is 32.1 Å². The van der Waals surface area contributed by atoms with Gasteiger partial charge in [0, 0.05) is 18.9 Å². The number of nitrogens with one attached hydrogen (secondary N) is 1. The fraction of sp³-hybridized carbons (Fsp3) is 0.385. The summed E-state index contributed by atoms with van der Waals surface area (Å²) < 4.78 is 6.45. The van der Waals surface area contributed by atoms with Crippen LogP contribution >= 0.6 is 15.9 Å². The van der Waals surface area contributed by atoms with Crippen molar-refractivity contribution < 1.29 is 9.84 Å². The van der Waals surface area contributed by atoms with Crippen LogP contribution < -0.4 is 11.6 Å². The Hall–Kier alpha value is -2.57. The van der Waals surface area contributed by atoms with E-state index in [2.05, 4.69) is 21.7 Å². The number of aliphatic hydroxyl groups is 1. The van der Waals surface area contributed by atoms with Crippen molar-refractivity contribution in [1.29, 1.82) is 5.41 Å². The van der Waals surface area contributed by atoms with Crippen molar-refractivity contribution in [1.82, 2.24) is 5.01 Å². The fourth-order valence-corrected chi connectivity index (χ4v) is 3.07. The van der Waals surface area contributed by atoms with Gasteiger partial charge in [-0.15, -0.1) is 5.73 Å². The molecule has 1 unspecified atom stereocenters. The van der Waals surface area contributed by atoms with E-state index in [1.54, 1.807) is 29.4 Å². The van der Waals surface area contributed by atoms with E-state index in [9.17, 15) is 5.11 Å². The predicted molar refractivity (Wildman–Crippen MR) is 141 cm³/mol. The summed E-state index contributed by atoms with van der Waals surface area (Å²) >= 11 is 3.40. The number of hydrogen-bond donors (Lipinski definition) is 4. The Balaban J connectivity index is 0.00000265. The molecular weight excluding hydrogens is 480 g/mol. The van der Waals surface area contributed by atoms with Crippen LogP contribution in [-0.4, -0.2) is 29.0 Å². The van der Waals surface area contributed by atoms with Gasteiger partial charge < -0.3 is 26.0 Å². The second-order valence-electron chi connectivity index (χ2n) is 7.36. The van der Waals surface area contributed by atoms with Crippen LogP contribution in [0.15, 0.2) is 88.3 Å². The highest BCUT2D eigenvalue weighted by molar-refractivity contribution is 9.11. The van der Waals surface area contributed by atoms with E-state index in [1.807, 2.05) is 38.2 Å². The van der Waals surface area contributed by atoms with E-state index in [4.69, 9.17) is 21.7 Å². The van der Waals surface area contributed by atoms with E-state index in [-0.39, 0.29) is 0 Å². The molecule has 6 N–H and O–H groups in total. The average Bonchev–Trinajstić information content (AvgIpc) is 3.62. The number of ether oxygens (including phenoxy) is 1. The van der Waals surface area contributed by atoms with Gasteiger partial charge in [-0.3, -0.25) is 0 Å². The molecule has 1 fully saturated rings. The van der Waals surface area contributed by atoms with E-state index in [1.165, 1.54) is 31.5 Å². The molecule has 0 heterocycles. The quantitative estimate of drug-likeness (QED) is 0.0685. The van der Waals surface area contributed by atoms with Crippen molar-refractivity contribution in [3.05, 3.63) is 88.3 Å². The molecule has 2 rings (SSSR count). The molecule has 0 amide bonds. The summed E-state index contributed by atoms with van der Waals surface area (Å²) in [5, 5.41) is 20.0. The number of hydrazine groups is 1. The molecule has 0 aromatic heterocycles. The standard InChI is InChI=1S/C24H31BrN4O2.C2H6/c25-22(16-27)23(11-7-15-29(28)17-19-12-13-19)31-18-21(10-6-14-26)24(30)20-8-4-2-1-3-5-9-20;1-2/h1-2,4-5,7,9,11,14-16,18-19,24,26,30H,6,8,10,12-13,17,27-28H2;1-2H3/b4-2-,15-7+,20-9+,21-18-,22-16-,23-11+,26-14?;. The molecule has 0 aromatic carbocycles. The second-order valence-corrected chi connectivity index (χ2v) is 8.21. The highest BCUT2D eigenvalue weighted by Crippen LogP contribution is 2.29. The Bertz CT molecular complexity index is 858. The predicted octanol–water partition coefficient (Wildman–Crippen LogP) is 5.48. The minimum atomic E-state index is -0.823. The third kappa shape index (κ3) is 11.7. The third-order valence-corrected chi connectivity index (χ3v) is 5.42. The summed E-state index contributed by atoms with van der Waals surface area (Å²) in [7, 11) is 0. The van der Waals surface area contributed by atoms with Crippen LogP contribution in [0.25, 0.3) is 0 Å². The zero-order valence-electron chi connectivity index (χ0n) is 19.6. The number of nitrogens with two attached hydrogens (primary N) is 2. The lowest BCUT2D eigenvalue weighted by atomic mass is 9.95. The summed E-state index contributed by atoms with van der Waals surface area (Å²) in [5.41, 5.74) is 10.2. The van der Waals surface area contributed by atoms with Crippen LogP contribution in [-0.2, 0) is 4.74 Å². The van der Waals surface area contributed by atoms with Crippen molar-refractivity contribution >= 4 is 22.1 Å². The van der Waals surface area contributed by atoms with E-state index in [0.29, 0.717) is 41.0 Å². The van der Waals surface area contributed by atoms with Gasteiger partial charge in [0.1, 0.15) is 5.76 Å². The molecular formula is C26H37BrN4O2. The van der Waals surface area contributed by atoms with Crippen molar-refractivity contribution in [2.45, 2.75) is 52.1 Å². The molecule has 0 saturated heterocycles. The number of hydrogen-bond acceptors (Lipinski definition) is 6. The van der Waals surface area contributed by atoms with Crippen molar-refractivity contribution in [2.75, 3.05) is 6.54 Å². The SMILES string of the molecule is CC.N=CCC/C(=C/OC(=C/C=C/N(N)CC1CC1)/C(Br)=C/N)C(O)/C1=C/C=C=C/C=C\C1. The minimum absolute atomic E-state index is 0.479. The topological polar surface area (TPSA) is 109 Å². The lowest BCUT2D eigenvalue weighted by molar-refractivity contribution is 0.231. The number of rotatable bonds is 12. The second kappa shape index (κ2) is 17.0. The van der Waals surface area contributed by atoms with Crippen molar-refractivity contribution in [3.63, 3.8) is 0 Å². The zero-order valence-corrected chi connectivity index (χ0v) is 21.2. The minimum Gasteiger partial charge on any atom is -0.464 e. The molecule has 1 atom stereocenters. The largest absolute Gasteiger partial charge is 0.464 e. The van der Waals surface area contributed by atoms with Gasteiger partial charge in [0.05, 0.1) is 16.8 Å². The molecule has 0 bridgehead atoms. The Kier molecular flexibility index (Phi) is 14.6. The summed E-state index contributed by atoms with van der Waals surface area (Å²) in [6.45, 7) is 4.83. The Morgan fingerprint density at radius 3 is 2.82 bits per heavy atom. The van der Waals surface area contributed by atoms with Crippen LogP contribution in [0.5, 0.6) is 0 Å². The molecule has 180 valence electrons. The van der Waals surface area contributed by atoms with E-state index in [0.717, 1.165) is 12.1 Å². The first-order valence-corrected chi connectivity index (χ1v) is 12.1. The maximum Gasteiger partial charge on any atom is 0.142 e. The van der Waals surface area contributed by atoms with Crippen LogP contribution in [0.1, 0.15) is 46.0 Å². The summed E-state index contributed by atoms with van der Waals surface area (Å²) in [6.07, 6.45) is 22.2. The fourth-order valence-electron chi connectivity index (χ4n) is 2.84. The summed E-state index contributed by atoms with van der Waals surface area (Å²) in [5.74, 6) is 7.14. The first kappa shape index (κ1) is 28.5. The molecule has 0 aromatic rings. The first-order valence-electron chi connectivity index (χ1n) is 11.3. The Morgan fingerprint density at radius 1 is 1.39 bits per heavy atom. The molecule has 0 radical (unpaired) electrons. The summed E-state index contributed by atoms with van der Waals surface area (Å²) in [4.78, 5) is 0. The van der Waals surface area contributed by atoms with Crippen LogP contribution in [0, 0.1) is 11.3 Å². The van der Waals surface area contributed by atoms with E-state index >= 15 is 0 Å². The highest BCUT2D eigenvalue weighted by atomic mass is 79.9. The lowest BCUT2D eigenvalue weighted by Gasteiger charge is -2.18. The van der Waals surface area contributed by atoms with Crippen LogP contribution in [0.2, 0.25) is 0 Å². The molecule has 7 heteroatoms. The Morgan fingerprint density at radius 2 is 2.15 bits per heavy atom. The summed E-state index contributed by atoms with van der Waals surface area (Å²) in [6, 6.07) is 0. The Labute approximate surface area is 206 Å². The van der Waals surface area contributed by atoms with Crippen molar-refractivity contribution in [2.24, 2.45) is 17.5 Å². The first-order chi connectivity index (χ1) is 16.0. The third-order valence-electron chi connectivity index (χ3n) is 4.77. The maximum atomic E-state index is 10.9. The number of aliphatic hydroxyl groups excluding tert-OH is 1. The zero-order chi connectivity index (χ0) is 24.5. The lowest BCUT2D eigenvalue weighted by Crippen LogP contribution is -2.26. The van der Waals surface area contributed by atoms with Gasteiger partial charge in [0.15, 0.2) is 0 Å². The number of halogens is 1. The van der Waals surface area contributed by atoms with Gasteiger partial charge in [0.2, 0.25) is 0 Å². The van der Waals surface area contributed by atoms with Gasteiger partial charge in [0.25, 0.3) is 0 Å². The van der Waals surface area contributed by atoms with Crippen molar-refractivity contribution in [3.8, 4) is 0 Å². The number of nitrogens with zero attached hydrogens (tertiary/aromatic N) is 1. The molecule has 1 saturated carbocycles. The van der Waals surface area contributed by atoms with Gasteiger partial charge >= 0.3 is 0 Å². The number of allylic oxidation sites excluding steroid dienone is 7. The van der Waals surface area contributed by atoms with E-state index < -0.39 is 6.10 Å². The molecule has 33 heavy (non-hydrogen) atoms. The smallest absolute Gasteiger partial charge is 0.142 e. The average molecular weight is 518 g/mol. The maximum absolute atomic E-state index is 10.9. The normalized spacial score (nSPS) is 20.2. The molecule has 0 aliphatic heterocycles. The van der Waals surface area contributed by atoms with Crippen LogP contribution in [0.4, 0.5) is 0 Å². The monoisotopic (exact) mass is 516 g/mol. The molecule has 2 aliphatic rings. The molecule has 2 aliphatic carbocycles.